The highest BCUT2D eigenvalue weighted by molar-refractivity contribution is 7.99. The van der Waals surface area contributed by atoms with Crippen LogP contribution in [0.1, 0.15) is 11.1 Å². The summed E-state index contributed by atoms with van der Waals surface area (Å²) in [5.41, 5.74) is 1.59. The van der Waals surface area contributed by atoms with E-state index in [9.17, 15) is 9.59 Å². The molecule has 0 aliphatic heterocycles. The molecule has 2 aromatic rings. The number of allylic oxidation sites excluding steroid dienone is 2. The number of benzene rings is 2. The van der Waals surface area contributed by atoms with E-state index in [2.05, 4.69) is 0 Å². The minimum Gasteiger partial charge on any atom is -0.299 e. The number of hydrogen-bond acceptors (Lipinski definition) is 3. The zero-order chi connectivity index (χ0) is 16.7. The summed E-state index contributed by atoms with van der Waals surface area (Å²) < 4.78 is 0. The van der Waals surface area contributed by atoms with Gasteiger partial charge >= 0.3 is 0 Å². The topological polar surface area (TPSA) is 34.1 Å². The highest BCUT2D eigenvalue weighted by Gasteiger charge is 2.02. The first-order valence-electron chi connectivity index (χ1n) is 6.64. The van der Waals surface area contributed by atoms with Crippen LogP contribution >= 0.6 is 35.0 Å². The molecule has 0 unspecified atom stereocenters. The van der Waals surface area contributed by atoms with Gasteiger partial charge in [0, 0.05) is 9.79 Å². The summed E-state index contributed by atoms with van der Waals surface area (Å²) in [6.45, 7) is 0. The van der Waals surface area contributed by atoms with Gasteiger partial charge in [-0.1, -0.05) is 59.2 Å². The van der Waals surface area contributed by atoms with Gasteiger partial charge in [-0.25, -0.2) is 0 Å². The number of carbonyl (C=O) groups excluding carboxylic acids is 2. The summed E-state index contributed by atoms with van der Waals surface area (Å²) in [4.78, 5) is 22.9. The Hall–Kier alpha value is -1.81. The summed E-state index contributed by atoms with van der Waals surface area (Å²) in [6, 6.07) is 15.2. The van der Waals surface area contributed by atoms with Crippen molar-refractivity contribution >= 4 is 57.6 Å². The summed E-state index contributed by atoms with van der Waals surface area (Å²) in [7, 11) is 0. The Kier molecular flexibility index (Phi) is 6.66. The molecule has 0 atom stereocenters. The molecule has 0 saturated carbocycles. The van der Waals surface area contributed by atoms with Gasteiger partial charge < -0.3 is 0 Å². The molecule has 0 fully saturated rings. The Balaban J connectivity index is 2.10. The second kappa shape index (κ2) is 8.73. The van der Waals surface area contributed by atoms with Crippen LogP contribution in [0.3, 0.4) is 0 Å². The number of hydrogen-bond donors (Lipinski definition) is 0. The van der Waals surface area contributed by atoms with Gasteiger partial charge in [0.2, 0.25) is 0 Å². The molecule has 0 amide bonds. The fourth-order valence-corrected chi connectivity index (χ4v) is 2.98. The lowest BCUT2D eigenvalue weighted by Crippen LogP contribution is -1.81. The highest BCUT2D eigenvalue weighted by Crippen LogP contribution is 2.30. The maximum atomic E-state index is 10.4. The first-order chi connectivity index (χ1) is 11.1. The van der Waals surface area contributed by atoms with Crippen LogP contribution in [0.4, 0.5) is 0 Å². The molecule has 23 heavy (non-hydrogen) atoms. The van der Waals surface area contributed by atoms with E-state index in [0.717, 1.165) is 20.9 Å². The molecule has 2 rings (SSSR count). The lowest BCUT2D eigenvalue weighted by molar-refractivity contribution is -0.104. The smallest absolute Gasteiger partial charge is 0.144 e. The highest BCUT2D eigenvalue weighted by atomic mass is 35.5. The number of rotatable bonds is 6. The fraction of sp³-hybridized carbons (Fsp3) is 0. The molecule has 0 bridgehead atoms. The Labute approximate surface area is 148 Å². The summed E-state index contributed by atoms with van der Waals surface area (Å²) >= 11 is 13.5. The molecule has 0 aliphatic carbocycles. The quantitative estimate of drug-likeness (QED) is 0.509. The molecule has 2 nitrogen and oxygen atoms in total. The van der Waals surface area contributed by atoms with E-state index < -0.39 is 0 Å². The maximum absolute atomic E-state index is 10.4. The largest absolute Gasteiger partial charge is 0.299 e. The van der Waals surface area contributed by atoms with Gasteiger partial charge in [-0.15, -0.1) is 0 Å². The molecule has 0 aromatic heterocycles. The standard InChI is InChI=1S/C18H12Cl2O2S/c19-17(9-11-21)13-1-5-15(6-2-13)23-16-7-3-14(4-8-16)18(20)10-12-22/h1-12H/b17-9-,18-10-. The Morgan fingerprint density at radius 3 is 1.35 bits per heavy atom. The van der Waals surface area contributed by atoms with Gasteiger partial charge in [-0.3, -0.25) is 9.59 Å². The average molecular weight is 363 g/mol. The van der Waals surface area contributed by atoms with Gasteiger partial charge in [-0.2, -0.15) is 0 Å². The van der Waals surface area contributed by atoms with Crippen molar-refractivity contribution in [2.24, 2.45) is 0 Å². The van der Waals surface area contributed by atoms with Crippen molar-refractivity contribution in [1.82, 2.24) is 0 Å². The number of aldehydes is 2. The second-order valence-corrected chi connectivity index (χ2v) is 6.41. The first-order valence-corrected chi connectivity index (χ1v) is 8.22. The maximum Gasteiger partial charge on any atom is 0.144 e. The Bertz CT molecular complexity index is 682. The molecule has 2 aromatic carbocycles. The summed E-state index contributed by atoms with van der Waals surface area (Å²) in [6.07, 6.45) is 3.96. The van der Waals surface area contributed by atoms with Crippen molar-refractivity contribution < 1.29 is 9.59 Å². The molecule has 5 heteroatoms. The molecule has 0 spiro atoms. The zero-order valence-corrected chi connectivity index (χ0v) is 14.2. The second-order valence-electron chi connectivity index (χ2n) is 4.45. The monoisotopic (exact) mass is 362 g/mol. The molecule has 0 aliphatic rings. The van der Waals surface area contributed by atoms with Gasteiger partial charge in [0.05, 0.1) is 10.1 Å². The first kappa shape index (κ1) is 17.5. The summed E-state index contributed by atoms with van der Waals surface area (Å²) in [5, 5.41) is 0.829. The van der Waals surface area contributed by atoms with E-state index in [-0.39, 0.29) is 0 Å². The van der Waals surface area contributed by atoms with Crippen molar-refractivity contribution in [3.05, 3.63) is 71.8 Å². The lowest BCUT2D eigenvalue weighted by atomic mass is 10.2. The van der Waals surface area contributed by atoms with Crippen molar-refractivity contribution in [1.29, 1.82) is 0 Å². The molecular weight excluding hydrogens is 351 g/mol. The molecule has 0 heterocycles. The SMILES string of the molecule is O=C/C=C(\Cl)c1ccc(Sc2ccc(/C(Cl)=C/C=O)cc2)cc1. The van der Waals surface area contributed by atoms with Gasteiger partial charge in [-0.05, 0) is 47.5 Å². The number of halogens is 2. The van der Waals surface area contributed by atoms with E-state index in [1.807, 2.05) is 48.5 Å². The number of carbonyl (C=O) groups is 2. The third kappa shape index (κ3) is 5.10. The van der Waals surface area contributed by atoms with E-state index in [1.54, 1.807) is 11.8 Å². The predicted molar refractivity (Wildman–Crippen MR) is 96.8 cm³/mol. The van der Waals surface area contributed by atoms with Gasteiger partial charge in [0.25, 0.3) is 0 Å². The molecule has 0 radical (unpaired) electrons. The normalized spacial score (nSPS) is 12.1. The van der Waals surface area contributed by atoms with Crippen LogP contribution in [0, 0.1) is 0 Å². The van der Waals surface area contributed by atoms with E-state index >= 15 is 0 Å². The fourth-order valence-electron chi connectivity index (χ4n) is 1.81. The zero-order valence-electron chi connectivity index (χ0n) is 11.9. The van der Waals surface area contributed by atoms with E-state index in [4.69, 9.17) is 23.2 Å². The predicted octanol–water partition coefficient (Wildman–Crippen LogP) is 5.40. The van der Waals surface area contributed by atoms with Crippen molar-refractivity contribution in [2.75, 3.05) is 0 Å². The van der Waals surface area contributed by atoms with Crippen molar-refractivity contribution in [3.8, 4) is 0 Å². The van der Waals surface area contributed by atoms with Crippen LogP contribution in [0.15, 0.2) is 70.5 Å². The Morgan fingerprint density at radius 2 is 1.04 bits per heavy atom. The van der Waals surface area contributed by atoms with Crippen LogP contribution in [0.5, 0.6) is 0 Å². The summed E-state index contributed by atoms with van der Waals surface area (Å²) in [5.74, 6) is 0. The molecule has 0 N–H and O–H groups in total. The minimum absolute atomic E-state index is 0.414. The molecule has 0 saturated heterocycles. The van der Waals surface area contributed by atoms with E-state index in [1.165, 1.54) is 12.2 Å². The molecular formula is C18H12Cl2O2S. The third-order valence-corrected chi connectivity index (χ3v) is 4.63. The molecule has 116 valence electrons. The third-order valence-electron chi connectivity index (χ3n) is 2.92. The van der Waals surface area contributed by atoms with Crippen molar-refractivity contribution in [2.45, 2.75) is 9.79 Å². The van der Waals surface area contributed by atoms with Crippen LogP contribution in [-0.4, -0.2) is 12.6 Å². The van der Waals surface area contributed by atoms with Crippen LogP contribution in [-0.2, 0) is 9.59 Å². The Morgan fingerprint density at radius 1 is 0.696 bits per heavy atom. The van der Waals surface area contributed by atoms with Crippen LogP contribution < -0.4 is 0 Å². The average Bonchev–Trinajstić information content (AvgIpc) is 2.56. The van der Waals surface area contributed by atoms with Crippen LogP contribution in [0.25, 0.3) is 10.1 Å². The minimum atomic E-state index is 0.414. The van der Waals surface area contributed by atoms with Gasteiger partial charge in [0.1, 0.15) is 12.6 Å². The van der Waals surface area contributed by atoms with Crippen LogP contribution in [0.2, 0.25) is 0 Å². The van der Waals surface area contributed by atoms with E-state index in [0.29, 0.717) is 22.6 Å². The van der Waals surface area contributed by atoms with Crippen molar-refractivity contribution in [3.63, 3.8) is 0 Å². The van der Waals surface area contributed by atoms with Gasteiger partial charge in [0.15, 0.2) is 0 Å². The lowest BCUT2D eigenvalue weighted by Gasteiger charge is -2.05.